The van der Waals surface area contributed by atoms with Crippen LogP contribution in [0.2, 0.25) is 0 Å². The Morgan fingerprint density at radius 1 is 1.07 bits per heavy atom. The van der Waals surface area contributed by atoms with E-state index in [4.69, 9.17) is 4.98 Å². The lowest BCUT2D eigenvalue weighted by Gasteiger charge is -2.10. The highest BCUT2D eigenvalue weighted by Gasteiger charge is 2.20. The van der Waals surface area contributed by atoms with Gasteiger partial charge in [-0.05, 0) is 29.8 Å². The molecule has 7 nitrogen and oxygen atoms in total. The Hall–Kier alpha value is -3.52. The number of imidazole rings is 1. The van der Waals surface area contributed by atoms with Crippen molar-refractivity contribution < 1.29 is 8.42 Å². The van der Waals surface area contributed by atoms with Crippen molar-refractivity contribution in [3.05, 3.63) is 78.0 Å². The van der Waals surface area contributed by atoms with Crippen molar-refractivity contribution in [3.8, 4) is 11.3 Å². The van der Waals surface area contributed by atoms with Crippen LogP contribution in [-0.2, 0) is 23.5 Å². The summed E-state index contributed by atoms with van der Waals surface area (Å²) in [7, 11) is -1.37. The number of benzene rings is 2. The zero-order valence-corrected chi connectivity index (χ0v) is 17.3. The van der Waals surface area contributed by atoms with Crippen LogP contribution in [0.3, 0.4) is 0 Å². The molecule has 0 bridgehead atoms. The van der Waals surface area contributed by atoms with E-state index in [-0.39, 0.29) is 0 Å². The van der Waals surface area contributed by atoms with Crippen LogP contribution in [0.5, 0.6) is 0 Å². The second-order valence-electron chi connectivity index (χ2n) is 7.39. The van der Waals surface area contributed by atoms with Gasteiger partial charge < -0.3 is 4.57 Å². The molecule has 0 spiro atoms. The van der Waals surface area contributed by atoms with Crippen LogP contribution in [0.15, 0.2) is 61.1 Å². The zero-order chi connectivity index (χ0) is 20.9. The third-order valence-electron chi connectivity index (χ3n) is 5.10. The van der Waals surface area contributed by atoms with E-state index in [0.717, 1.165) is 51.8 Å². The van der Waals surface area contributed by atoms with Crippen LogP contribution in [0, 0.1) is 0 Å². The second kappa shape index (κ2) is 6.77. The van der Waals surface area contributed by atoms with Crippen molar-refractivity contribution in [3.63, 3.8) is 0 Å². The largest absolute Gasteiger partial charge is 0.334 e. The molecule has 30 heavy (non-hydrogen) atoms. The highest BCUT2D eigenvalue weighted by molar-refractivity contribution is 7.92. The molecule has 0 unspecified atom stereocenters. The maximum absolute atomic E-state index is 11.5. The minimum absolute atomic E-state index is 0.495. The second-order valence-corrected chi connectivity index (χ2v) is 9.13. The first-order valence-corrected chi connectivity index (χ1v) is 11.3. The van der Waals surface area contributed by atoms with Gasteiger partial charge in [0.15, 0.2) is 0 Å². The molecule has 0 aliphatic heterocycles. The number of allylic oxidation sites excluding steroid dienone is 1. The first-order chi connectivity index (χ1) is 14.4. The molecule has 1 N–H and O–H groups in total. The monoisotopic (exact) mass is 417 g/mol. The molecule has 1 aliphatic rings. The Kier molecular flexibility index (Phi) is 4.18. The normalized spacial score (nSPS) is 13.3. The van der Waals surface area contributed by atoms with Gasteiger partial charge in [-0.1, -0.05) is 24.3 Å². The van der Waals surface area contributed by atoms with Crippen molar-refractivity contribution in [2.45, 2.75) is 6.42 Å². The highest BCUT2D eigenvalue weighted by atomic mass is 32.2. The van der Waals surface area contributed by atoms with Gasteiger partial charge in [-0.2, -0.15) is 0 Å². The third kappa shape index (κ3) is 3.35. The fourth-order valence-corrected chi connectivity index (χ4v) is 4.27. The van der Waals surface area contributed by atoms with Crippen molar-refractivity contribution in [2.75, 3.05) is 11.0 Å². The average Bonchev–Trinajstić information content (AvgIpc) is 3.30. The summed E-state index contributed by atoms with van der Waals surface area (Å²) in [5.74, 6) is 0. The third-order valence-corrected chi connectivity index (χ3v) is 5.71. The Bertz CT molecular complexity index is 1440. The molecule has 2 aromatic carbocycles. The maximum atomic E-state index is 11.5. The summed E-state index contributed by atoms with van der Waals surface area (Å²) in [5, 5.41) is 0. The van der Waals surface area contributed by atoms with Gasteiger partial charge in [0.2, 0.25) is 10.0 Å². The molecule has 0 radical (unpaired) electrons. The number of fused-ring (bicyclic) bond motifs is 2. The van der Waals surface area contributed by atoms with E-state index < -0.39 is 10.0 Å². The number of hydrogen-bond donors (Lipinski definition) is 1. The fourth-order valence-electron chi connectivity index (χ4n) is 3.72. The lowest BCUT2D eigenvalue weighted by Crippen LogP contribution is -2.09. The molecule has 4 aromatic rings. The molecule has 2 heterocycles. The minimum Gasteiger partial charge on any atom is -0.334 e. The van der Waals surface area contributed by atoms with E-state index in [2.05, 4.69) is 32.9 Å². The van der Waals surface area contributed by atoms with Gasteiger partial charge in [0.1, 0.15) is 0 Å². The quantitative estimate of drug-likeness (QED) is 0.550. The SMILES string of the molecule is Cn1cnc2ccc(C3=CCc4ncc(-c5cccc(NS(C)(=O)=O)c5)nc43)cc21. The summed E-state index contributed by atoms with van der Waals surface area (Å²) >= 11 is 0. The predicted octanol–water partition coefficient (Wildman–Crippen LogP) is 3.39. The molecule has 150 valence electrons. The van der Waals surface area contributed by atoms with Crippen molar-refractivity contribution in [2.24, 2.45) is 7.05 Å². The molecular formula is C22H19N5O2S. The number of anilines is 1. The first kappa shape index (κ1) is 18.5. The molecule has 8 heteroatoms. The van der Waals surface area contributed by atoms with Gasteiger partial charge in [0.05, 0.1) is 46.9 Å². The molecule has 0 atom stereocenters. The topological polar surface area (TPSA) is 89.8 Å². The van der Waals surface area contributed by atoms with Crippen molar-refractivity contribution in [1.82, 2.24) is 19.5 Å². The molecule has 0 saturated heterocycles. The Labute approximate surface area is 174 Å². The molecule has 1 aliphatic carbocycles. The number of sulfonamides is 1. The van der Waals surface area contributed by atoms with Crippen LogP contribution in [0.25, 0.3) is 27.9 Å². The maximum Gasteiger partial charge on any atom is 0.229 e. The lowest BCUT2D eigenvalue weighted by atomic mass is 10.0. The Balaban J connectivity index is 1.55. The average molecular weight is 417 g/mol. The smallest absolute Gasteiger partial charge is 0.229 e. The van der Waals surface area contributed by atoms with Gasteiger partial charge >= 0.3 is 0 Å². The first-order valence-electron chi connectivity index (χ1n) is 9.43. The fraction of sp³-hybridized carbons (Fsp3) is 0.136. The molecule has 0 saturated carbocycles. The van der Waals surface area contributed by atoms with Crippen LogP contribution in [-0.4, -0.2) is 34.2 Å². The predicted molar refractivity (Wildman–Crippen MR) is 117 cm³/mol. The molecule has 0 amide bonds. The van der Waals surface area contributed by atoms with Crippen LogP contribution in [0.4, 0.5) is 5.69 Å². The summed E-state index contributed by atoms with van der Waals surface area (Å²) in [6.45, 7) is 0. The number of nitrogens with zero attached hydrogens (tertiary/aromatic N) is 4. The van der Waals surface area contributed by atoms with Gasteiger partial charge in [-0.15, -0.1) is 0 Å². The lowest BCUT2D eigenvalue weighted by molar-refractivity contribution is 0.607. The number of aryl methyl sites for hydroxylation is 1. The molecule has 5 rings (SSSR count). The number of rotatable bonds is 4. The van der Waals surface area contributed by atoms with E-state index in [1.54, 1.807) is 30.7 Å². The number of nitrogens with one attached hydrogen (secondary N) is 1. The Morgan fingerprint density at radius 2 is 1.93 bits per heavy atom. The van der Waals surface area contributed by atoms with E-state index >= 15 is 0 Å². The standard InChI is InChI=1S/C22H19N5O2S/c1-27-13-24-18-8-6-14(11-21(18)27)17-7-9-19-22(17)25-20(12-23-19)15-4-3-5-16(10-15)26-30(2,28)29/h3-8,10-13,26H,9H2,1-2H3. The van der Waals surface area contributed by atoms with E-state index in [0.29, 0.717) is 11.4 Å². The molecular weight excluding hydrogens is 398 g/mol. The van der Waals surface area contributed by atoms with Crippen LogP contribution >= 0.6 is 0 Å². The van der Waals surface area contributed by atoms with E-state index in [9.17, 15) is 8.42 Å². The summed E-state index contributed by atoms with van der Waals surface area (Å²) in [5.41, 5.74) is 7.92. The van der Waals surface area contributed by atoms with Crippen LogP contribution < -0.4 is 4.72 Å². The van der Waals surface area contributed by atoms with E-state index in [1.807, 2.05) is 23.7 Å². The van der Waals surface area contributed by atoms with E-state index in [1.165, 1.54) is 0 Å². The Morgan fingerprint density at radius 3 is 2.77 bits per heavy atom. The van der Waals surface area contributed by atoms with Gasteiger partial charge in [-0.25, -0.2) is 18.4 Å². The molecule has 0 fully saturated rings. The van der Waals surface area contributed by atoms with Gasteiger partial charge in [0.25, 0.3) is 0 Å². The number of hydrogen-bond acceptors (Lipinski definition) is 5. The van der Waals surface area contributed by atoms with Gasteiger partial charge in [-0.3, -0.25) is 9.71 Å². The van der Waals surface area contributed by atoms with Crippen molar-refractivity contribution in [1.29, 1.82) is 0 Å². The summed E-state index contributed by atoms with van der Waals surface area (Å²) in [6.07, 6.45) is 7.55. The minimum atomic E-state index is -3.35. The van der Waals surface area contributed by atoms with Crippen molar-refractivity contribution >= 4 is 32.3 Å². The number of aromatic nitrogens is 4. The zero-order valence-electron chi connectivity index (χ0n) is 16.5. The van der Waals surface area contributed by atoms with Gasteiger partial charge in [0, 0.05) is 30.3 Å². The molecule has 2 aromatic heterocycles. The van der Waals surface area contributed by atoms with Crippen LogP contribution in [0.1, 0.15) is 17.0 Å². The summed E-state index contributed by atoms with van der Waals surface area (Å²) in [6, 6.07) is 13.3. The summed E-state index contributed by atoms with van der Waals surface area (Å²) in [4.78, 5) is 13.9. The summed E-state index contributed by atoms with van der Waals surface area (Å²) < 4.78 is 27.6. The highest BCUT2D eigenvalue weighted by Crippen LogP contribution is 2.33.